The molecule has 0 nitrogen and oxygen atoms in total. The van der Waals surface area contributed by atoms with Gasteiger partial charge in [-0.15, -0.1) is 0 Å². The van der Waals surface area contributed by atoms with Gasteiger partial charge in [0, 0.05) is 0 Å². The lowest BCUT2D eigenvalue weighted by Gasteiger charge is -2.62. The molecule has 0 spiro atoms. The van der Waals surface area contributed by atoms with Crippen LogP contribution >= 0.6 is 0 Å². The van der Waals surface area contributed by atoms with E-state index in [0.29, 0.717) is 37.9 Å². The Bertz CT molecular complexity index is 2730. The van der Waals surface area contributed by atoms with Gasteiger partial charge in [-0.05, 0) is 450 Å². The van der Waals surface area contributed by atoms with Crippen LogP contribution in [0.25, 0.3) is 0 Å². The average Bonchev–Trinajstić information content (AvgIpc) is 1.55. The van der Waals surface area contributed by atoms with Crippen molar-refractivity contribution in [3.8, 4) is 0 Å². The van der Waals surface area contributed by atoms with Crippen LogP contribution in [0, 0.1) is 238 Å². The molecule has 0 aromatic carbocycles. The van der Waals surface area contributed by atoms with Crippen LogP contribution in [0.1, 0.15) is 437 Å². The first-order chi connectivity index (χ1) is 50.2. The Morgan fingerprint density at radius 1 is 0.224 bits per heavy atom. The first-order valence-electron chi connectivity index (χ1n) is 50.2. The molecule has 25 saturated carbocycles. The lowest BCUT2D eigenvalue weighted by molar-refractivity contribution is -0.113. The van der Waals surface area contributed by atoms with E-state index in [9.17, 15) is 0 Å². The number of hydrogen-bond donors (Lipinski definition) is 0. The molecule has 0 aromatic rings. The lowest BCUT2D eigenvalue weighted by atomic mass is 9.43. The van der Waals surface area contributed by atoms with Crippen molar-refractivity contribution in [2.24, 2.45) is 238 Å². The minimum atomic E-state index is 0.559. The van der Waals surface area contributed by atoms with Crippen molar-refractivity contribution in [3.63, 3.8) is 0 Å². The third-order valence-corrected chi connectivity index (χ3v) is 40.7. The van der Waals surface area contributed by atoms with Crippen molar-refractivity contribution in [1.82, 2.24) is 0 Å². The summed E-state index contributed by atoms with van der Waals surface area (Å²) in [5.74, 6) is 35.8. The van der Waals surface area contributed by atoms with Crippen molar-refractivity contribution in [2.75, 3.05) is 0 Å². The Hall–Kier alpha value is 0. The molecule has 24 unspecified atom stereocenters. The second-order valence-electron chi connectivity index (χ2n) is 52.6. The SMILES string of the molecule is CC.CC.CC(C)(C)C12CC3CC(CC(C3)C1)C2.CC(C)(C)C1CC2CC1C1C3CCC(C3)C21.CC(C)(C)C1CC2CC1C1CCCC21.CC(C)(C)C1CC2CC1C1CCCCC21.CC(C)(C)C1CC2CCC1C2.CC(C)(C)C1CCCCC1.CC1(C)C2CC3CC(C2)C1C3.CC1(C)C2CC3CC(C2)CC1C3. The predicted octanol–water partition coefficient (Wildman–Crippen LogP) is 32.9. The van der Waals surface area contributed by atoms with E-state index >= 15 is 0 Å². The highest BCUT2D eigenvalue weighted by Crippen LogP contribution is 2.73. The van der Waals surface area contributed by atoms with E-state index in [4.69, 9.17) is 0 Å². The molecule has 0 saturated heterocycles. The van der Waals surface area contributed by atoms with E-state index in [1.165, 1.54) is 87.9 Å². The molecule has 0 aliphatic heterocycles. The Kier molecular flexibility index (Phi) is 25.7. The molecular weight excluding hydrogens is 1290 g/mol. The van der Waals surface area contributed by atoms with E-state index in [-0.39, 0.29) is 0 Å². The zero-order valence-electron chi connectivity index (χ0n) is 77.3. The summed E-state index contributed by atoms with van der Waals surface area (Å²) in [7, 11) is 0. The van der Waals surface area contributed by atoms with Crippen LogP contribution in [-0.2, 0) is 0 Å². The molecule has 25 aliphatic carbocycles. The molecule has 25 fully saturated rings. The summed E-state index contributed by atoms with van der Waals surface area (Å²) in [5.41, 5.74) is 5.59. The van der Waals surface area contributed by atoms with Gasteiger partial charge in [-0.2, -0.15) is 0 Å². The monoisotopic (exact) mass is 1480 g/mol. The zero-order chi connectivity index (χ0) is 77.3. The van der Waals surface area contributed by atoms with Crippen LogP contribution < -0.4 is 0 Å². The van der Waals surface area contributed by atoms with E-state index < -0.39 is 0 Å². The van der Waals surface area contributed by atoms with E-state index in [1.54, 1.807) is 193 Å². The summed E-state index contributed by atoms with van der Waals surface area (Å²) in [6.07, 6.45) is 62.3. The van der Waals surface area contributed by atoms with Gasteiger partial charge in [0.1, 0.15) is 0 Å². The van der Waals surface area contributed by atoms with E-state index in [1.807, 2.05) is 27.7 Å². The van der Waals surface area contributed by atoms with Gasteiger partial charge in [0.15, 0.2) is 0 Å². The third kappa shape index (κ3) is 17.4. The first kappa shape index (κ1) is 84.9. The predicted molar refractivity (Wildman–Crippen MR) is 466 cm³/mol. The van der Waals surface area contributed by atoms with Crippen LogP contribution in [0.2, 0.25) is 0 Å². The zero-order valence-corrected chi connectivity index (χ0v) is 77.3. The molecule has 618 valence electrons. The Labute approximate surface area is 670 Å². The van der Waals surface area contributed by atoms with Crippen LogP contribution in [0.4, 0.5) is 0 Å². The normalized spacial score (nSPS) is 47.8. The van der Waals surface area contributed by atoms with Crippen molar-refractivity contribution >= 4 is 0 Å². The molecule has 0 amide bonds. The summed E-state index contributed by atoms with van der Waals surface area (Å²) in [4.78, 5) is 0. The van der Waals surface area contributed by atoms with Gasteiger partial charge in [-0.25, -0.2) is 0 Å². The quantitative estimate of drug-likeness (QED) is 0.212. The van der Waals surface area contributed by atoms with Crippen LogP contribution in [0.15, 0.2) is 0 Å². The Morgan fingerprint density at radius 3 is 1.04 bits per heavy atom. The number of rotatable bonds is 0. The Balaban J connectivity index is 0.000000108. The highest BCUT2D eigenvalue weighted by molar-refractivity contribution is 5.14. The summed E-state index contributed by atoms with van der Waals surface area (Å²) in [6.45, 7) is 62.2. The van der Waals surface area contributed by atoms with Crippen LogP contribution in [0.5, 0.6) is 0 Å². The highest BCUT2D eigenvalue weighted by atomic mass is 14.7. The fourth-order valence-corrected chi connectivity index (χ4v) is 35.9. The number of fused-ring (bicyclic) bond motifs is 21. The minimum absolute atomic E-state index is 0.559. The molecule has 0 heterocycles. The second-order valence-corrected chi connectivity index (χ2v) is 52.6. The van der Waals surface area contributed by atoms with Crippen LogP contribution in [-0.4, -0.2) is 0 Å². The third-order valence-electron chi connectivity index (χ3n) is 40.7. The van der Waals surface area contributed by atoms with E-state index in [2.05, 4.69) is 152 Å². The topological polar surface area (TPSA) is 0 Å². The van der Waals surface area contributed by atoms with E-state index in [0.717, 1.165) is 177 Å². The Morgan fingerprint density at radius 2 is 0.617 bits per heavy atom. The molecule has 25 aliphatic rings. The maximum Gasteiger partial charge on any atom is -0.0241 e. The summed E-state index contributed by atoms with van der Waals surface area (Å²) in [6, 6.07) is 0. The molecule has 0 radical (unpaired) electrons. The van der Waals surface area contributed by atoms with Gasteiger partial charge in [0.05, 0.1) is 0 Å². The van der Waals surface area contributed by atoms with Gasteiger partial charge in [-0.3, -0.25) is 0 Å². The molecule has 24 atom stereocenters. The molecule has 22 bridgehead atoms. The lowest BCUT2D eigenvalue weighted by Crippen LogP contribution is -2.51. The molecule has 107 heavy (non-hydrogen) atoms. The molecule has 0 N–H and O–H groups in total. The van der Waals surface area contributed by atoms with Crippen molar-refractivity contribution in [2.45, 2.75) is 437 Å². The maximum atomic E-state index is 2.53. The van der Waals surface area contributed by atoms with Gasteiger partial charge in [-0.1, -0.05) is 225 Å². The maximum absolute atomic E-state index is 2.53. The van der Waals surface area contributed by atoms with Gasteiger partial charge in [0.2, 0.25) is 0 Å². The smallest absolute Gasteiger partial charge is 0.0241 e. The minimum Gasteiger partial charge on any atom is -0.0683 e. The van der Waals surface area contributed by atoms with Gasteiger partial charge >= 0.3 is 0 Å². The van der Waals surface area contributed by atoms with Crippen molar-refractivity contribution < 1.29 is 0 Å². The molecule has 25 rings (SSSR count). The van der Waals surface area contributed by atoms with Crippen molar-refractivity contribution in [3.05, 3.63) is 0 Å². The second kappa shape index (κ2) is 32.4. The number of hydrogen-bond acceptors (Lipinski definition) is 0. The molecular formula is C107H190. The van der Waals surface area contributed by atoms with Gasteiger partial charge in [0.25, 0.3) is 0 Å². The molecule has 0 heteroatoms. The fraction of sp³-hybridized carbons (Fsp3) is 1.00. The van der Waals surface area contributed by atoms with Crippen LogP contribution in [0.3, 0.4) is 0 Å². The summed E-state index contributed by atoms with van der Waals surface area (Å²) < 4.78 is 0. The fourth-order valence-electron chi connectivity index (χ4n) is 35.9. The molecule has 0 aromatic heterocycles. The van der Waals surface area contributed by atoms with Crippen molar-refractivity contribution in [1.29, 1.82) is 0 Å². The largest absolute Gasteiger partial charge is 0.0683 e. The average molecular weight is 1480 g/mol. The standard InChI is InChI=1S/C16H26.C15H26.2C14H24.C12H20.C11H18.C11H20.C10H20.2C2H6/c1-16(2,3)13-8-11-7-12(13)15-10-5-4-9(6-10)14(11)15;1-15(2,3)14-9-10-8-13(14)12-7-5-4-6-11(10)12;1-13(2,3)14-7-10-4-11(8-14)6-12(5-10)9-14;1-14(2,3)13-8-9-7-12(13)11-6-4-5-10(9)11;1-12(2)10-4-8-3-9(6-10)7-11(12)5-8;1-11(2)9-4-7-3-8(6-9)10(11)5-7;1-11(2,3)10-7-8-4-5-9(10)6-8;1-10(2,3)9-7-5-4-6-8-9;2*1-2/h9-15H,4-8H2,1-3H3;10-14H,4-9H2,1-3H3;10-12H,4-9H2,1-3H3;9-13H,4-8H2,1-3H3;8-11H,3-7H2,1-2H3;7-10H,3-6H2,1-2H3;8-10H,4-7H2,1-3H3;9H,4-8H2,1-3H3;2*1-2H3. The summed E-state index contributed by atoms with van der Waals surface area (Å²) >= 11 is 0. The first-order valence-corrected chi connectivity index (χ1v) is 50.2. The summed E-state index contributed by atoms with van der Waals surface area (Å²) in [5, 5.41) is 0. The van der Waals surface area contributed by atoms with Gasteiger partial charge < -0.3 is 0 Å². The highest BCUT2D eigenvalue weighted by Gasteiger charge is 2.65.